The van der Waals surface area contributed by atoms with Crippen molar-refractivity contribution < 1.29 is 5.11 Å². The lowest BCUT2D eigenvalue weighted by atomic mass is 10.1. The smallest absolute Gasteiger partial charge is 0.0524 e. The second-order valence-corrected chi connectivity index (χ2v) is 4.21. The van der Waals surface area contributed by atoms with Crippen LogP contribution in [0, 0.1) is 5.92 Å². The van der Waals surface area contributed by atoms with Gasteiger partial charge in [0.1, 0.15) is 0 Å². The average Bonchev–Trinajstić information content (AvgIpc) is 2.35. The molecule has 0 spiro atoms. The molecule has 0 aromatic rings. The van der Waals surface area contributed by atoms with Crippen molar-refractivity contribution in [3.8, 4) is 0 Å². The number of rotatable bonds is 4. The minimum Gasteiger partial charge on any atom is -0.393 e. The molecule has 0 heterocycles. The quantitative estimate of drug-likeness (QED) is 0.672. The highest BCUT2D eigenvalue weighted by Gasteiger charge is 2.20. The Labute approximate surface area is 75.4 Å². The van der Waals surface area contributed by atoms with Gasteiger partial charge in [0.05, 0.1) is 6.10 Å². The van der Waals surface area contributed by atoms with E-state index in [1.165, 1.54) is 19.3 Å². The van der Waals surface area contributed by atoms with E-state index in [1.807, 2.05) is 6.92 Å². The molecule has 0 unspecified atom stereocenters. The first-order valence-electron chi connectivity index (χ1n) is 5.10. The van der Waals surface area contributed by atoms with Crippen molar-refractivity contribution in [3.63, 3.8) is 0 Å². The molecular formula is C10H21NO. The van der Waals surface area contributed by atoms with Crippen molar-refractivity contribution in [2.24, 2.45) is 5.92 Å². The summed E-state index contributed by atoms with van der Waals surface area (Å²) < 4.78 is 0. The van der Waals surface area contributed by atoms with Gasteiger partial charge < -0.3 is 10.4 Å². The van der Waals surface area contributed by atoms with Gasteiger partial charge in [-0.2, -0.15) is 0 Å². The summed E-state index contributed by atoms with van der Waals surface area (Å²) in [5.74, 6) is 0.897. The molecule has 0 aromatic carbocycles. The van der Waals surface area contributed by atoms with E-state index in [0.717, 1.165) is 24.9 Å². The molecule has 0 amide bonds. The molecule has 0 bridgehead atoms. The summed E-state index contributed by atoms with van der Waals surface area (Å²) in [5, 5.41) is 12.5. The lowest BCUT2D eigenvalue weighted by molar-refractivity contribution is 0.182. The van der Waals surface area contributed by atoms with Crippen LogP contribution in [0.15, 0.2) is 0 Å². The first-order chi connectivity index (χ1) is 5.68. The first-order valence-corrected chi connectivity index (χ1v) is 5.10. The van der Waals surface area contributed by atoms with Crippen LogP contribution in [0.5, 0.6) is 0 Å². The molecule has 1 rings (SSSR count). The fourth-order valence-electron chi connectivity index (χ4n) is 1.89. The summed E-state index contributed by atoms with van der Waals surface area (Å²) >= 11 is 0. The highest BCUT2D eigenvalue weighted by atomic mass is 16.3. The second kappa shape index (κ2) is 4.83. The number of aliphatic hydroxyl groups is 1. The molecule has 1 saturated carbocycles. The zero-order valence-corrected chi connectivity index (χ0v) is 8.21. The normalized spacial score (nSPS) is 32.2. The Morgan fingerprint density at radius 2 is 2.25 bits per heavy atom. The van der Waals surface area contributed by atoms with Crippen molar-refractivity contribution in [1.82, 2.24) is 5.32 Å². The maximum Gasteiger partial charge on any atom is 0.0524 e. The van der Waals surface area contributed by atoms with Gasteiger partial charge in [0.25, 0.3) is 0 Å². The summed E-state index contributed by atoms with van der Waals surface area (Å²) in [6.07, 6.45) is 4.73. The lowest BCUT2D eigenvalue weighted by Gasteiger charge is -2.12. The van der Waals surface area contributed by atoms with Gasteiger partial charge in [0.2, 0.25) is 0 Å². The van der Waals surface area contributed by atoms with Crippen LogP contribution in [-0.4, -0.2) is 23.8 Å². The highest BCUT2D eigenvalue weighted by molar-refractivity contribution is 4.78. The molecule has 3 atom stereocenters. The summed E-state index contributed by atoms with van der Waals surface area (Å²) in [5.41, 5.74) is 0. The van der Waals surface area contributed by atoms with Gasteiger partial charge in [-0.05, 0) is 45.1 Å². The Morgan fingerprint density at radius 3 is 2.75 bits per heavy atom. The Balaban J connectivity index is 2.00. The van der Waals surface area contributed by atoms with Crippen molar-refractivity contribution in [2.45, 2.75) is 51.7 Å². The van der Waals surface area contributed by atoms with Crippen LogP contribution in [0.25, 0.3) is 0 Å². The summed E-state index contributed by atoms with van der Waals surface area (Å²) in [6, 6.07) is 0.721. The van der Waals surface area contributed by atoms with Gasteiger partial charge in [-0.3, -0.25) is 0 Å². The fourth-order valence-corrected chi connectivity index (χ4v) is 1.89. The van der Waals surface area contributed by atoms with Crippen molar-refractivity contribution in [2.75, 3.05) is 6.54 Å². The molecule has 12 heavy (non-hydrogen) atoms. The maximum absolute atomic E-state index is 9.04. The lowest BCUT2D eigenvalue weighted by Crippen LogP contribution is -2.28. The summed E-state index contributed by atoms with van der Waals surface area (Å²) in [4.78, 5) is 0. The van der Waals surface area contributed by atoms with E-state index in [0.29, 0.717) is 0 Å². The summed E-state index contributed by atoms with van der Waals surface area (Å²) in [7, 11) is 0. The van der Waals surface area contributed by atoms with E-state index in [4.69, 9.17) is 5.11 Å². The molecule has 0 aromatic heterocycles. The average molecular weight is 171 g/mol. The molecule has 2 heteroatoms. The minimum atomic E-state index is -0.156. The van der Waals surface area contributed by atoms with Crippen LogP contribution >= 0.6 is 0 Å². The SMILES string of the molecule is C[C@@H]1CC[C@H](NCC[C@@H](C)O)C1. The standard InChI is InChI=1S/C10H21NO/c1-8-3-4-10(7-8)11-6-5-9(2)12/h8-12H,3-7H2,1-2H3/t8-,9-,10+/m1/s1. The fraction of sp³-hybridized carbons (Fsp3) is 1.00. The van der Waals surface area contributed by atoms with E-state index >= 15 is 0 Å². The number of hydrogen-bond acceptors (Lipinski definition) is 2. The third-order valence-electron chi connectivity index (χ3n) is 2.69. The molecule has 72 valence electrons. The van der Waals surface area contributed by atoms with Crippen molar-refractivity contribution in [3.05, 3.63) is 0 Å². The van der Waals surface area contributed by atoms with Gasteiger partial charge in [0.15, 0.2) is 0 Å². The van der Waals surface area contributed by atoms with E-state index in [-0.39, 0.29) is 6.10 Å². The molecule has 0 saturated heterocycles. The third-order valence-corrected chi connectivity index (χ3v) is 2.69. The predicted molar refractivity (Wildman–Crippen MR) is 51.1 cm³/mol. The van der Waals surface area contributed by atoms with E-state index < -0.39 is 0 Å². The number of aliphatic hydroxyl groups excluding tert-OH is 1. The van der Waals surface area contributed by atoms with Gasteiger partial charge in [-0.15, -0.1) is 0 Å². The number of nitrogens with one attached hydrogen (secondary N) is 1. The zero-order valence-electron chi connectivity index (χ0n) is 8.21. The van der Waals surface area contributed by atoms with E-state index in [1.54, 1.807) is 0 Å². The minimum absolute atomic E-state index is 0.156. The van der Waals surface area contributed by atoms with Gasteiger partial charge in [-0.1, -0.05) is 6.92 Å². The van der Waals surface area contributed by atoms with Crippen LogP contribution in [0.4, 0.5) is 0 Å². The monoisotopic (exact) mass is 171 g/mol. The predicted octanol–water partition coefficient (Wildman–Crippen LogP) is 1.54. The van der Waals surface area contributed by atoms with E-state index in [2.05, 4.69) is 12.2 Å². The maximum atomic E-state index is 9.04. The van der Waals surface area contributed by atoms with Crippen LogP contribution in [0.3, 0.4) is 0 Å². The third kappa shape index (κ3) is 3.55. The molecule has 1 aliphatic carbocycles. The highest BCUT2D eigenvalue weighted by Crippen LogP contribution is 2.24. The van der Waals surface area contributed by atoms with Gasteiger partial charge in [-0.25, -0.2) is 0 Å². The van der Waals surface area contributed by atoms with Crippen molar-refractivity contribution >= 4 is 0 Å². The molecule has 0 radical (unpaired) electrons. The van der Waals surface area contributed by atoms with Gasteiger partial charge in [0, 0.05) is 6.04 Å². The molecule has 2 N–H and O–H groups in total. The Bertz CT molecular complexity index is 125. The van der Waals surface area contributed by atoms with Crippen molar-refractivity contribution in [1.29, 1.82) is 0 Å². The van der Waals surface area contributed by atoms with Crippen LogP contribution in [0.1, 0.15) is 39.5 Å². The molecule has 1 fully saturated rings. The Kier molecular flexibility index (Phi) is 4.02. The van der Waals surface area contributed by atoms with Crippen LogP contribution < -0.4 is 5.32 Å². The second-order valence-electron chi connectivity index (χ2n) is 4.21. The topological polar surface area (TPSA) is 32.3 Å². The Morgan fingerprint density at radius 1 is 1.50 bits per heavy atom. The van der Waals surface area contributed by atoms with Gasteiger partial charge >= 0.3 is 0 Å². The Hall–Kier alpha value is -0.0800. The molecular weight excluding hydrogens is 150 g/mol. The largest absolute Gasteiger partial charge is 0.393 e. The summed E-state index contributed by atoms with van der Waals surface area (Å²) in [6.45, 7) is 5.13. The molecule has 1 aliphatic rings. The molecule has 0 aliphatic heterocycles. The van der Waals surface area contributed by atoms with E-state index in [9.17, 15) is 0 Å². The zero-order chi connectivity index (χ0) is 8.97. The van der Waals surface area contributed by atoms with Crippen LogP contribution in [-0.2, 0) is 0 Å². The van der Waals surface area contributed by atoms with Crippen LogP contribution in [0.2, 0.25) is 0 Å². The molecule has 2 nitrogen and oxygen atoms in total. The first kappa shape index (κ1) is 10.0. The number of hydrogen-bond donors (Lipinski definition) is 2.